The normalized spacial score (nSPS) is 12.1. The second kappa shape index (κ2) is 12.3. The number of nitrogens with zero attached hydrogens (tertiary/aromatic N) is 2. The summed E-state index contributed by atoms with van der Waals surface area (Å²) < 4.78 is 33.6. The number of aryl methyl sites for hydroxylation is 1. The van der Waals surface area contributed by atoms with Crippen molar-refractivity contribution in [2.45, 2.75) is 37.8 Å². The average Bonchev–Trinajstić information content (AvgIpc) is 2.95. The molecule has 0 unspecified atom stereocenters. The molecule has 0 amide bonds. The second-order valence-electron chi connectivity index (χ2n) is 9.79. The molecule has 214 valence electrons. The van der Waals surface area contributed by atoms with Crippen LogP contribution in [0.2, 0.25) is 0 Å². The van der Waals surface area contributed by atoms with E-state index in [0.717, 1.165) is 15.4 Å². The highest BCUT2D eigenvalue weighted by molar-refractivity contribution is 7.92. The molecule has 9 nitrogen and oxygen atoms in total. The zero-order valence-electron chi connectivity index (χ0n) is 23.0. The first-order valence-corrected chi connectivity index (χ1v) is 14.4. The lowest BCUT2D eigenvalue weighted by Gasteiger charge is -2.33. The number of aliphatic carboxylic acids is 2. The van der Waals surface area contributed by atoms with Gasteiger partial charge in [0.15, 0.2) is 0 Å². The van der Waals surface area contributed by atoms with Crippen LogP contribution in [0.25, 0.3) is 10.8 Å². The standard InChI is InChI=1S/C31H32N2O7S/c1-21-8-10-23(11-9-21)19-32(22(2)18-30(34)35)28-16-17-29(27-7-5-4-6-26(27)28)33(20-31(36)37)41(38,39)25-14-12-24(40-3)13-15-25/h4-17,22H,18-20H2,1-3H3,(H,34,35)(H,36,37)/t22-/m0/s1. The first-order chi connectivity index (χ1) is 19.5. The van der Waals surface area contributed by atoms with Crippen molar-refractivity contribution in [3.63, 3.8) is 0 Å². The predicted molar refractivity (Wildman–Crippen MR) is 158 cm³/mol. The quantitative estimate of drug-likeness (QED) is 0.233. The molecule has 41 heavy (non-hydrogen) atoms. The molecule has 0 radical (unpaired) electrons. The van der Waals surface area contributed by atoms with Gasteiger partial charge in [0, 0.05) is 29.0 Å². The first-order valence-electron chi connectivity index (χ1n) is 13.0. The molecule has 0 saturated heterocycles. The third-order valence-electron chi connectivity index (χ3n) is 6.86. The Morgan fingerprint density at radius 1 is 0.829 bits per heavy atom. The molecule has 4 aromatic carbocycles. The van der Waals surface area contributed by atoms with Crippen molar-refractivity contribution < 1.29 is 33.0 Å². The van der Waals surface area contributed by atoms with Gasteiger partial charge in [-0.15, -0.1) is 0 Å². The number of carbonyl (C=O) groups is 2. The zero-order valence-corrected chi connectivity index (χ0v) is 23.8. The van der Waals surface area contributed by atoms with E-state index in [1.807, 2.05) is 49.1 Å². The zero-order chi connectivity index (χ0) is 29.7. The van der Waals surface area contributed by atoms with E-state index in [2.05, 4.69) is 0 Å². The average molecular weight is 577 g/mol. The predicted octanol–water partition coefficient (Wildman–Crippen LogP) is 5.31. The lowest BCUT2D eigenvalue weighted by Crippen LogP contribution is -2.36. The minimum atomic E-state index is -4.28. The van der Waals surface area contributed by atoms with Crippen LogP contribution >= 0.6 is 0 Å². The Labute approximate surface area is 239 Å². The van der Waals surface area contributed by atoms with Gasteiger partial charge in [0.25, 0.3) is 10.0 Å². The maximum atomic E-state index is 13.8. The Morgan fingerprint density at radius 3 is 1.98 bits per heavy atom. The highest BCUT2D eigenvalue weighted by Gasteiger charge is 2.30. The Hall–Kier alpha value is -4.57. The van der Waals surface area contributed by atoms with Crippen LogP contribution in [0.5, 0.6) is 5.75 Å². The van der Waals surface area contributed by atoms with Gasteiger partial charge >= 0.3 is 11.9 Å². The van der Waals surface area contributed by atoms with Gasteiger partial charge in [0.2, 0.25) is 0 Å². The smallest absolute Gasteiger partial charge is 0.324 e. The summed E-state index contributed by atoms with van der Waals surface area (Å²) in [5.41, 5.74) is 2.99. The Kier molecular flexibility index (Phi) is 8.83. The number of fused-ring (bicyclic) bond motifs is 1. The SMILES string of the molecule is COc1ccc(S(=O)(=O)N(CC(=O)O)c2ccc(N(Cc3ccc(C)cc3)[C@@H](C)CC(=O)O)c3ccccc23)cc1. The number of anilines is 2. The maximum absolute atomic E-state index is 13.8. The molecule has 1 atom stereocenters. The van der Waals surface area contributed by atoms with Crippen LogP contribution in [-0.4, -0.2) is 50.3 Å². The van der Waals surface area contributed by atoms with Crippen molar-refractivity contribution >= 4 is 44.1 Å². The molecule has 0 aromatic heterocycles. The number of rotatable bonds is 12. The summed E-state index contributed by atoms with van der Waals surface area (Å²) >= 11 is 0. The van der Waals surface area contributed by atoms with Crippen LogP contribution in [0.4, 0.5) is 11.4 Å². The molecule has 4 aromatic rings. The number of sulfonamides is 1. The number of hydrogen-bond donors (Lipinski definition) is 2. The van der Waals surface area contributed by atoms with Crippen LogP contribution < -0.4 is 13.9 Å². The fraction of sp³-hybridized carbons (Fsp3) is 0.226. The molecular formula is C31H32N2O7S. The molecule has 0 fully saturated rings. The van der Waals surface area contributed by atoms with Crippen LogP contribution in [-0.2, 0) is 26.2 Å². The van der Waals surface area contributed by atoms with Crippen LogP contribution in [0.1, 0.15) is 24.5 Å². The van der Waals surface area contributed by atoms with Crippen molar-refractivity contribution in [1.82, 2.24) is 0 Å². The van der Waals surface area contributed by atoms with E-state index in [-0.39, 0.29) is 17.0 Å². The van der Waals surface area contributed by atoms with E-state index >= 15 is 0 Å². The molecule has 0 aliphatic carbocycles. The van der Waals surface area contributed by atoms with Crippen molar-refractivity contribution in [3.05, 3.63) is 96.1 Å². The van der Waals surface area contributed by atoms with E-state index in [4.69, 9.17) is 4.74 Å². The van der Waals surface area contributed by atoms with Crippen molar-refractivity contribution in [2.24, 2.45) is 0 Å². The number of hydrogen-bond acceptors (Lipinski definition) is 6. The molecule has 2 N–H and O–H groups in total. The van der Waals surface area contributed by atoms with Crippen LogP contribution in [0.15, 0.2) is 89.8 Å². The molecular weight excluding hydrogens is 544 g/mol. The minimum absolute atomic E-state index is 0.0798. The fourth-order valence-electron chi connectivity index (χ4n) is 4.76. The molecule has 0 aliphatic rings. The van der Waals surface area contributed by atoms with E-state index < -0.39 is 34.5 Å². The van der Waals surface area contributed by atoms with Crippen molar-refractivity contribution in [3.8, 4) is 5.75 Å². The largest absolute Gasteiger partial charge is 0.497 e. The number of ether oxygens (including phenoxy) is 1. The summed E-state index contributed by atoms with van der Waals surface area (Å²) in [6.07, 6.45) is -0.112. The Morgan fingerprint density at radius 2 is 1.41 bits per heavy atom. The van der Waals surface area contributed by atoms with Crippen molar-refractivity contribution in [2.75, 3.05) is 22.9 Å². The summed E-state index contributed by atoms with van der Waals surface area (Å²) in [5.74, 6) is -1.79. The first kappa shape index (κ1) is 29.4. The van der Waals surface area contributed by atoms with Gasteiger partial charge in [0.1, 0.15) is 12.3 Å². The lowest BCUT2D eigenvalue weighted by molar-refractivity contribution is -0.137. The molecule has 10 heteroatoms. The van der Waals surface area contributed by atoms with E-state index in [1.165, 1.54) is 31.4 Å². The van der Waals surface area contributed by atoms with E-state index in [9.17, 15) is 28.2 Å². The molecule has 0 saturated carbocycles. The van der Waals surface area contributed by atoms with Gasteiger partial charge in [-0.25, -0.2) is 8.42 Å². The third kappa shape index (κ3) is 6.60. The summed E-state index contributed by atoms with van der Waals surface area (Å²) in [6.45, 7) is 3.45. The Bertz CT molecular complexity index is 1650. The van der Waals surface area contributed by atoms with E-state index in [0.29, 0.717) is 28.8 Å². The Balaban J connectivity index is 1.87. The second-order valence-corrected chi connectivity index (χ2v) is 11.7. The monoisotopic (exact) mass is 576 g/mol. The third-order valence-corrected chi connectivity index (χ3v) is 8.63. The van der Waals surface area contributed by atoms with Gasteiger partial charge < -0.3 is 19.8 Å². The molecule has 0 aliphatic heterocycles. The summed E-state index contributed by atoms with van der Waals surface area (Å²) in [4.78, 5) is 25.5. The van der Waals surface area contributed by atoms with Gasteiger partial charge in [-0.2, -0.15) is 0 Å². The fourth-order valence-corrected chi connectivity index (χ4v) is 6.20. The van der Waals surface area contributed by atoms with Crippen LogP contribution in [0, 0.1) is 6.92 Å². The molecule has 0 heterocycles. The van der Waals surface area contributed by atoms with Crippen molar-refractivity contribution in [1.29, 1.82) is 0 Å². The highest BCUT2D eigenvalue weighted by Crippen LogP contribution is 2.38. The minimum Gasteiger partial charge on any atom is -0.497 e. The van der Waals surface area contributed by atoms with E-state index in [1.54, 1.807) is 30.3 Å². The van der Waals surface area contributed by atoms with Crippen LogP contribution in [0.3, 0.4) is 0 Å². The summed E-state index contributed by atoms with van der Waals surface area (Å²) in [5, 5.41) is 20.4. The molecule has 4 rings (SSSR count). The van der Waals surface area contributed by atoms with Gasteiger partial charge in [-0.1, -0.05) is 54.1 Å². The van der Waals surface area contributed by atoms with Gasteiger partial charge in [-0.3, -0.25) is 13.9 Å². The topological polar surface area (TPSA) is 124 Å². The maximum Gasteiger partial charge on any atom is 0.324 e. The van der Waals surface area contributed by atoms with Gasteiger partial charge in [0.05, 0.1) is 24.1 Å². The number of benzene rings is 4. The molecule has 0 bridgehead atoms. The summed E-state index contributed by atoms with van der Waals surface area (Å²) in [7, 11) is -2.81. The van der Waals surface area contributed by atoms with Gasteiger partial charge in [-0.05, 0) is 55.8 Å². The number of methoxy groups -OCH3 is 1. The number of carboxylic acid groups (broad SMARTS) is 2. The highest BCUT2D eigenvalue weighted by atomic mass is 32.2. The number of carboxylic acids is 2. The lowest BCUT2D eigenvalue weighted by atomic mass is 10.0. The summed E-state index contributed by atoms with van der Waals surface area (Å²) in [6, 6.07) is 23.7. The molecule has 0 spiro atoms.